The molecule has 0 saturated heterocycles. The fourth-order valence-corrected chi connectivity index (χ4v) is 4.35. The number of nitrogens with zero attached hydrogens (tertiary/aromatic N) is 2. The zero-order valence-electron chi connectivity index (χ0n) is 23.0. The van der Waals surface area contributed by atoms with Crippen molar-refractivity contribution >= 4 is 47.7 Å². The minimum absolute atomic E-state index is 0.0438. The summed E-state index contributed by atoms with van der Waals surface area (Å²) in [5, 5.41) is 16.3. The number of benzene rings is 2. The molecule has 0 fully saturated rings. The van der Waals surface area contributed by atoms with E-state index in [1.165, 1.54) is 49.1 Å². The molecule has 0 aromatic heterocycles. The second kappa shape index (κ2) is 18.5. The van der Waals surface area contributed by atoms with Gasteiger partial charge in [-0.25, -0.2) is 0 Å². The monoisotopic (exact) mass is 589 g/mol. The van der Waals surface area contributed by atoms with Crippen LogP contribution in [0.25, 0.3) is 0 Å². The average Bonchev–Trinajstić information content (AvgIpc) is 2.99. The predicted octanol–water partition coefficient (Wildman–Crippen LogP) is 2.32. The predicted molar refractivity (Wildman–Crippen MR) is 154 cm³/mol. The number of non-ortho nitro benzene ring substituents is 1. The third-order valence-corrected chi connectivity index (χ3v) is 6.71. The molecule has 13 nitrogen and oxygen atoms in total. The SMILES string of the molecule is CNC(=O)C(CCC=O)N(C)C(=O)c1c(C=O)cccc1NCCOCCOCCNSc1ccc([N+](=O)[O-])cc1. The van der Waals surface area contributed by atoms with Crippen molar-refractivity contribution in [1.29, 1.82) is 0 Å². The van der Waals surface area contributed by atoms with Gasteiger partial charge in [0.15, 0.2) is 6.29 Å². The summed E-state index contributed by atoms with van der Waals surface area (Å²) < 4.78 is 14.2. The maximum Gasteiger partial charge on any atom is 0.269 e. The van der Waals surface area contributed by atoms with Crippen LogP contribution in [0.5, 0.6) is 0 Å². The number of carbonyl (C=O) groups excluding carboxylic acids is 4. The van der Waals surface area contributed by atoms with E-state index in [0.29, 0.717) is 57.8 Å². The van der Waals surface area contributed by atoms with Crippen molar-refractivity contribution in [1.82, 2.24) is 14.9 Å². The van der Waals surface area contributed by atoms with E-state index in [2.05, 4.69) is 15.4 Å². The van der Waals surface area contributed by atoms with Gasteiger partial charge in [0, 0.05) is 61.9 Å². The summed E-state index contributed by atoms with van der Waals surface area (Å²) in [7, 11) is 2.91. The molecule has 0 bridgehead atoms. The first-order valence-corrected chi connectivity index (χ1v) is 13.7. The molecule has 0 saturated carbocycles. The Kier molecular flexibility index (Phi) is 15.0. The van der Waals surface area contributed by atoms with E-state index >= 15 is 0 Å². The summed E-state index contributed by atoms with van der Waals surface area (Å²) in [6, 6.07) is 10.2. The lowest BCUT2D eigenvalue weighted by Gasteiger charge is -2.28. The molecule has 2 amide bonds. The Hall–Kier alpha value is -3.85. The molecule has 2 rings (SSSR count). The minimum Gasteiger partial charge on any atom is -0.382 e. The number of nitrogens with one attached hydrogen (secondary N) is 3. The fourth-order valence-electron chi connectivity index (χ4n) is 3.73. The van der Waals surface area contributed by atoms with Gasteiger partial charge in [-0.15, -0.1) is 0 Å². The Bertz CT molecular complexity index is 1160. The average molecular weight is 590 g/mol. The summed E-state index contributed by atoms with van der Waals surface area (Å²) in [5.74, 6) is -0.931. The number of ether oxygens (including phenoxy) is 2. The summed E-state index contributed by atoms with van der Waals surface area (Å²) in [4.78, 5) is 60.6. The molecule has 14 heteroatoms. The van der Waals surface area contributed by atoms with Gasteiger partial charge < -0.3 is 29.8 Å². The highest BCUT2D eigenvalue weighted by molar-refractivity contribution is 7.97. The topological polar surface area (TPSA) is 169 Å². The lowest BCUT2D eigenvalue weighted by atomic mass is 10.0. The van der Waals surface area contributed by atoms with Crippen LogP contribution >= 0.6 is 11.9 Å². The summed E-state index contributed by atoms with van der Waals surface area (Å²) in [5.41, 5.74) is 0.774. The number of likely N-dealkylation sites (N-methyl/N-ethyl adjacent to an activating group) is 2. The van der Waals surface area contributed by atoms with Gasteiger partial charge in [-0.1, -0.05) is 12.1 Å². The summed E-state index contributed by atoms with van der Waals surface area (Å²) in [6.45, 7) is 2.40. The van der Waals surface area contributed by atoms with Crippen LogP contribution in [0, 0.1) is 10.1 Å². The molecule has 0 radical (unpaired) electrons. The molecule has 1 unspecified atom stereocenters. The van der Waals surface area contributed by atoms with Crippen molar-refractivity contribution < 1.29 is 33.6 Å². The van der Waals surface area contributed by atoms with E-state index < -0.39 is 22.8 Å². The van der Waals surface area contributed by atoms with Gasteiger partial charge in [-0.05, 0) is 36.6 Å². The third kappa shape index (κ3) is 10.9. The molecule has 2 aromatic rings. The highest BCUT2D eigenvalue weighted by atomic mass is 32.2. The highest BCUT2D eigenvalue weighted by Gasteiger charge is 2.29. The van der Waals surface area contributed by atoms with Gasteiger partial charge in [-0.2, -0.15) is 0 Å². The van der Waals surface area contributed by atoms with Crippen LogP contribution in [0.4, 0.5) is 11.4 Å². The Morgan fingerprint density at radius 2 is 1.73 bits per heavy atom. The Morgan fingerprint density at radius 1 is 1.05 bits per heavy atom. The molecule has 0 aliphatic heterocycles. The highest BCUT2D eigenvalue weighted by Crippen LogP contribution is 2.23. The van der Waals surface area contributed by atoms with E-state index in [0.717, 1.165) is 4.90 Å². The standard InChI is InChI=1S/C27H35N5O8S/c1-28-26(35)24(7-4-14-33)31(2)27(36)25-20(19-34)5-3-6-23(25)29-12-15-39-17-18-40-16-13-30-41-22-10-8-21(9-11-22)32(37)38/h3,5-6,8-11,14,19,24,29-30H,4,7,12-13,15-18H2,1-2H3,(H,28,35). The number of carbonyl (C=O) groups is 4. The van der Waals surface area contributed by atoms with E-state index in [9.17, 15) is 29.3 Å². The van der Waals surface area contributed by atoms with Gasteiger partial charge in [0.05, 0.1) is 36.9 Å². The minimum atomic E-state index is -0.871. The number of amides is 2. The molecule has 0 aliphatic rings. The normalized spacial score (nSPS) is 11.4. The Labute approximate surface area is 242 Å². The first-order valence-electron chi connectivity index (χ1n) is 12.9. The van der Waals surface area contributed by atoms with Crippen molar-refractivity contribution in [2.24, 2.45) is 0 Å². The van der Waals surface area contributed by atoms with E-state index in [1.54, 1.807) is 24.3 Å². The third-order valence-electron chi connectivity index (χ3n) is 5.85. The molecular weight excluding hydrogens is 554 g/mol. The lowest BCUT2D eigenvalue weighted by molar-refractivity contribution is -0.384. The number of nitro benzene ring substituents is 1. The van der Waals surface area contributed by atoms with Crippen LogP contribution in [0.3, 0.4) is 0 Å². The van der Waals surface area contributed by atoms with Gasteiger partial charge in [-0.3, -0.25) is 29.2 Å². The molecule has 2 aromatic carbocycles. The molecule has 222 valence electrons. The van der Waals surface area contributed by atoms with Crippen molar-refractivity contribution in [2.75, 3.05) is 58.9 Å². The smallest absolute Gasteiger partial charge is 0.269 e. The fraction of sp³-hybridized carbons (Fsp3) is 0.407. The quantitative estimate of drug-likeness (QED) is 0.0681. The van der Waals surface area contributed by atoms with E-state index in [4.69, 9.17) is 9.47 Å². The van der Waals surface area contributed by atoms with Crippen LogP contribution < -0.4 is 15.4 Å². The molecule has 1 atom stereocenters. The number of aldehydes is 2. The molecule has 0 spiro atoms. The number of hydrogen-bond acceptors (Lipinski definition) is 11. The van der Waals surface area contributed by atoms with Crippen LogP contribution in [-0.2, 0) is 19.1 Å². The molecule has 0 heterocycles. The van der Waals surface area contributed by atoms with E-state index in [1.807, 2.05) is 0 Å². The van der Waals surface area contributed by atoms with Crippen molar-refractivity contribution in [3.8, 4) is 0 Å². The number of anilines is 1. The molecule has 41 heavy (non-hydrogen) atoms. The second-order valence-electron chi connectivity index (χ2n) is 8.58. The van der Waals surface area contributed by atoms with Gasteiger partial charge in [0.2, 0.25) is 5.91 Å². The van der Waals surface area contributed by atoms with Crippen LogP contribution in [-0.4, -0.2) is 93.9 Å². The van der Waals surface area contributed by atoms with Crippen molar-refractivity contribution in [3.05, 3.63) is 63.7 Å². The zero-order chi connectivity index (χ0) is 30.0. The number of nitro groups is 1. The second-order valence-corrected chi connectivity index (χ2v) is 9.54. The van der Waals surface area contributed by atoms with Gasteiger partial charge in [0.1, 0.15) is 12.3 Å². The zero-order valence-corrected chi connectivity index (χ0v) is 23.8. The van der Waals surface area contributed by atoms with Crippen LogP contribution in [0.1, 0.15) is 33.6 Å². The molecule has 0 aliphatic carbocycles. The number of rotatable bonds is 20. The van der Waals surface area contributed by atoms with Gasteiger partial charge >= 0.3 is 0 Å². The maximum atomic E-state index is 13.4. The van der Waals surface area contributed by atoms with E-state index in [-0.39, 0.29) is 29.7 Å². The molecular formula is C27H35N5O8S. The first-order chi connectivity index (χ1) is 19.8. The first kappa shape index (κ1) is 33.4. The largest absolute Gasteiger partial charge is 0.382 e. The van der Waals surface area contributed by atoms with Crippen molar-refractivity contribution in [2.45, 2.75) is 23.8 Å². The Balaban J connectivity index is 1.75. The maximum absolute atomic E-state index is 13.4. The lowest BCUT2D eigenvalue weighted by Crippen LogP contribution is -2.47. The van der Waals surface area contributed by atoms with Crippen LogP contribution in [0.2, 0.25) is 0 Å². The van der Waals surface area contributed by atoms with Gasteiger partial charge in [0.25, 0.3) is 11.6 Å². The summed E-state index contributed by atoms with van der Waals surface area (Å²) >= 11 is 1.35. The molecule has 3 N–H and O–H groups in total. The summed E-state index contributed by atoms with van der Waals surface area (Å²) in [6.07, 6.45) is 1.53. The Morgan fingerprint density at radius 3 is 2.34 bits per heavy atom. The number of hydrogen-bond donors (Lipinski definition) is 3. The van der Waals surface area contributed by atoms with Crippen molar-refractivity contribution in [3.63, 3.8) is 0 Å². The van der Waals surface area contributed by atoms with Crippen LogP contribution in [0.15, 0.2) is 47.4 Å².